The van der Waals surface area contributed by atoms with Gasteiger partial charge in [0.2, 0.25) is 10.0 Å². The number of nitrogens with one attached hydrogen (secondary N) is 1. The number of hydrogen-bond acceptors (Lipinski definition) is 4. The van der Waals surface area contributed by atoms with Gasteiger partial charge < -0.3 is 10.1 Å². The molecule has 1 atom stereocenters. The average molecular weight is 419 g/mol. The summed E-state index contributed by atoms with van der Waals surface area (Å²) in [6, 6.07) is 12.6. The molecule has 2 aromatic rings. The van der Waals surface area contributed by atoms with Crippen molar-refractivity contribution in [3.8, 4) is 5.75 Å². The molecule has 2 aromatic carbocycles. The minimum atomic E-state index is -3.36. The van der Waals surface area contributed by atoms with Crippen LogP contribution in [0.3, 0.4) is 0 Å². The number of amides is 1. The number of nitrogens with zero attached hydrogens (tertiary/aromatic N) is 1. The van der Waals surface area contributed by atoms with E-state index in [9.17, 15) is 13.2 Å². The first-order valence-corrected chi connectivity index (χ1v) is 11.4. The summed E-state index contributed by atoms with van der Waals surface area (Å²) in [5.74, 6) is 0.975. The Kier molecular flexibility index (Phi) is 7.30. The summed E-state index contributed by atoms with van der Waals surface area (Å²) in [5.41, 5.74) is 2.78. The molecule has 1 amide bonds. The topological polar surface area (TPSA) is 75.7 Å². The van der Waals surface area contributed by atoms with E-state index < -0.39 is 10.0 Å². The number of anilines is 1. The fraction of sp³-hybridized carbons (Fsp3) is 0.409. The van der Waals surface area contributed by atoms with Crippen molar-refractivity contribution >= 4 is 21.6 Å². The largest absolute Gasteiger partial charge is 0.497 e. The monoisotopic (exact) mass is 418 g/mol. The van der Waals surface area contributed by atoms with Crippen LogP contribution in [0.15, 0.2) is 42.5 Å². The number of rotatable bonds is 8. The standard InChI is InChI=1S/C22H30N2O4S/c1-15(2)13-20(17-7-10-19(28-5)11-8-17)23-22(25)18-9-12-21(16(3)14-18)24(4)29(6,26)27/h7-12,14-15,20H,13H2,1-6H3,(H,23,25). The zero-order valence-corrected chi connectivity index (χ0v) is 18.7. The highest BCUT2D eigenvalue weighted by Crippen LogP contribution is 2.26. The van der Waals surface area contributed by atoms with Crippen molar-refractivity contribution in [1.82, 2.24) is 5.32 Å². The number of carbonyl (C=O) groups excluding carboxylic acids is 1. The van der Waals surface area contributed by atoms with Gasteiger partial charge in [0.15, 0.2) is 0 Å². The van der Waals surface area contributed by atoms with Crippen LogP contribution in [-0.2, 0) is 10.0 Å². The minimum Gasteiger partial charge on any atom is -0.497 e. The summed E-state index contributed by atoms with van der Waals surface area (Å²) in [6.45, 7) is 6.02. The van der Waals surface area contributed by atoms with E-state index in [-0.39, 0.29) is 11.9 Å². The first kappa shape index (κ1) is 22.7. The second-order valence-corrected chi connectivity index (χ2v) is 9.67. The smallest absolute Gasteiger partial charge is 0.251 e. The van der Waals surface area contributed by atoms with Crippen molar-refractivity contribution in [1.29, 1.82) is 0 Å². The van der Waals surface area contributed by atoms with Gasteiger partial charge in [-0.1, -0.05) is 26.0 Å². The molecule has 1 unspecified atom stereocenters. The number of ether oxygens (including phenoxy) is 1. The molecule has 0 saturated carbocycles. The first-order valence-electron chi connectivity index (χ1n) is 9.52. The fourth-order valence-electron chi connectivity index (χ4n) is 3.16. The second-order valence-electron chi connectivity index (χ2n) is 7.66. The van der Waals surface area contributed by atoms with Gasteiger partial charge in [-0.05, 0) is 60.7 Å². The Hall–Kier alpha value is -2.54. The van der Waals surface area contributed by atoms with Crippen LogP contribution in [-0.4, -0.2) is 34.7 Å². The summed E-state index contributed by atoms with van der Waals surface area (Å²) in [6.07, 6.45) is 1.95. The third-order valence-electron chi connectivity index (χ3n) is 4.83. The number of methoxy groups -OCH3 is 1. The molecular formula is C22H30N2O4S. The Morgan fingerprint density at radius 3 is 2.24 bits per heavy atom. The molecule has 0 aliphatic rings. The molecule has 7 heteroatoms. The average Bonchev–Trinajstić information content (AvgIpc) is 2.65. The predicted octanol–water partition coefficient (Wildman–Crippen LogP) is 3.92. The molecule has 0 aromatic heterocycles. The highest BCUT2D eigenvalue weighted by molar-refractivity contribution is 7.92. The van der Waals surface area contributed by atoms with E-state index in [0.717, 1.165) is 29.6 Å². The molecule has 0 heterocycles. The summed E-state index contributed by atoms with van der Waals surface area (Å²) in [4.78, 5) is 12.9. The third kappa shape index (κ3) is 5.97. The molecule has 0 aliphatic heterocycles. The number of sulfonamides is 1. The molecule has 0 aliphatic carbocycles. The van der Waals surface area contributed by atoms with Gasteiger partial charge >= 0.3 is 0 Å². The molecule has 29 heavy (non-hydrogen) atoms. The SMILES string of the molecule is COc1ccc(C(CC(C)C)NC(=O)c2ccc(N(C)S(C)(=O)=O)c(C)c2)cc1. The number of aryl methyl sites for hydroxylation is 1. The van der Waals surface area contributed by atoms with Crippen LogP contribution in [0.5, 0.6) is 5.75 Å². The number of benzene rings is 2. The Balaban J connectivity index is 2.25. The van der Waals surface area contributed by atoms with Crippen molar-refractivity contribution in [3.63, 3.8) is 0 Å². The van der Waals surface area contributed by atoms with Crippen molar-refractivity contribution in [2.75, 3.05) is 24.7 Å². The molecule has 2 rings (SSSR count). The van der Waals surface area contributed by atoms with E-state index >= 15 is 0 Å². The van der Waals surface area contributed by atoms with Gasteiger partial charge in [0, 0.05) is 12.6 Å². The highest BCUT2D eigenvalue weighted by Gasteiger charge is 2.19. The lowest BCUT2D eigenvalue weighted by molar-refractivity contribution is 0.0932. The van der Waals surface area contributed by atoms with Crippen molar-refractivity contribution in [2.24, 2.45) is 5.92 Å². The Bertz CT molecular complexity index is 953. The molecule has 6 nitrogen and oxygen atoms in total. The maximum absolute atomic E-state index is 12.9. The zero-order chi connectivity index (χ0) is 21.8. The molecule has 0 radical (unpaired) electrons. The van der Waals surface area contributed by atoms with E-state index in [1.54, 1.807) is 32.2 Å². The van der Waals surface area contributed by atoms with Crippen molar-refractivity contribution in [2.45, 2.75) is 33.2 Å². The van der Waals surface area contributed by atoms with Crippen molar-refractivity contribution in [3.05, 3.63) is 59.2 Å². The van der Waals surface area contributed by atoms with Gasteiger partial charge in [0.25, 0.3) is 5.91 Å². The maximum atomic E-state index is 12.9. The lowest BCUT2D eigenvalue weighted by Gasteiger charge is -2.22. The first-order chi connectivity index (χ1) is 13.5. The summed E-state index contributed by atoms with van der Waals surface area (Å²) in [5, 5.41) is 3.11. The van der Waals surface area contributed by atoms with Crippen molar-refractivity contribution < 1.29 is 17.9 Å². The number of carbonyl (C=O) groups is 1. The lowest BCUT2D eigenvalue weighted by Crippen LogP contribution is -2.30. The van der Waals surface area contributed by atoms with Gasteiger partial charge in [-0.25, -0.2) is 8.42 Å². The van der Waals surface area contributed by atoms with Crippen LogP contribution in [0.1, 0.15) is 47.8 Å². The quantitative estimate of drug-likeness (QED) is 0.705. The van der Waals surface area contributed by atoms with Gasteiger partial charge in [0.1, 0.15) is 5.75 Å². The summed E-state index contributed by atoms with van der Waals surface area (Å²) in [7, 11) is -0.243. The molecule has 0 fully saturated rings. The molecule has 0 saturated heterocycles. The van der Waals surface area contributed by atoms with E-state index in [1.807, 2.05) is 24.3 Å². The van der Waals surface area contributed by atoms with Gasteiger partial charge in [-0.2, -0.15) is 0 Å². The zero-order valence-electron chi connectivity index (χ0n) is 17.9. The van der Waals surface area contributed by atoms with Crippen LogP contribution in [0.25, 0.3) is 0 Å². The van der Waals surface area contributed by atoms with Crippen LogP contribution >= 0.6 is 0 Å². The molecular weight excluding hydrogens is 388 g/mol. The van der Waals surface area contributed by atoms with Crippen LogP contribution in [0.2, 0.25) is 0 Å². The van der Waals surface area contributed by atoms with Crippen LogP contribution in [0.4, 0.5) is 5.69 Å². The lowest BCUT2D eigenvalue weighted by atomic mass is 9.96. The molecule has 1 N–H and O–H groups in total. The van der Waals surface area contributed by atoms with Gasteiger partial charge in [-0.15, -0.1) is 0 Å². The highest BCUT2D eigenvalue weighted by atomic mass is 32.2. The normalized spacial score (nSPS) is 12.5. The second kappa shape index (κ2) is 9.31. The van der Waals surface area contributed by atoms with E-state index in [0.29, 0.717) is 17.2 Å². The minimum absolute atomic E-state index is 0.132. The van der Waals surface area contributed by atoms with Gasteiger partial charge in [-0.3, -0.25) is 9.10 Å². The Morgan fingerprint density at radius 2 is 1.76 bits per heavy atom. The molecule has 0 bridgehead atoms. The predicted molar refractivity (Wildman–Crippen MR) is 117 cm³/mol. The fourth-order valence-corrected chi connectivity index (χ4v) is 3.72. The van der Waals surface area contributed by atoms with Crippen LogP contribution in [0, 0.1) is 12.8 Å². The van der Waals surface area contributed by atoms with E-state index in [1.165, 1.54) is 11.4 Å². The summed E-state index contributed by atoms with van der Waals surface area (Å²) >= 11 is 0. The van der Waals surface area contributed by atoms with Gasteiger partial charge in [0.05, 0.1) is 25.1 Å². The van der Waals surface area contributed by atoms with Crippen LogP contribution < -0.4 is 14.4 Å². The Labute approximate surface area is 173 Å². The third-order valence-corrected chi connectivity index (χ3v) is 6.02. The Morgan fingerprint density at radius 1 is 1.14 bits per heavy atom. The summed E-state index contributed by atoms with van der Waals surface area (Å²) < 4.78 is 30.0. The van der Waals surface area contributed by atoms with E-state index in [4.69, 9.17) is 4.74 Å². The molecule has 158 valence electrons. The maximum Gasteiger partial charge on any atom is 0.251 e. The van der Waals surface area contributed by atoms with E-state index in [2.05, 4.69) is 19.2 Å². The number of hydrogen-bond donors (Lipinski definition) is 1. The molecule has 0 spiro atoms.